The van der Waals surface area contributed by atoms with Gasteiger partial charge in [0.25, 0.3) is 0 Å². The highest BCUT2D eigenvalue weighted by molar-refractivity contribution is 7.54. The number of fused-ring (bicyclic) bond motifs is 1. The van der Waals surface area contributed by atoms with Gasteiger partial charge in [0.05, 0.1) is 0 Å². The maximum absolute atomic E-state index is 11.8. The van der Waals surface area contributed by atoms with E-state index in [4.69, 9.17) is 13.5 Å². The molecule has 0 atom stereocenters. The molecule has 0 radical (unpaired) electrons. The van der Waals surface area contributed by atoms with E-state index in [9.17, 15) is 9.36 Å². The van der Waals surface area contributed by atoms with Crippen molar-refractivity contribution in [1.29, 1.82) is 0 Å². The lowest BCUT2D eigenvalue weighted by molar-refractivity contribution is -0.116. The number of hydrogen-bond acceptors (Lipinski definition) is 5. The second-order valence-corrected chi connectivity index (χ2v) is 6.69. The Morgan fingerprint density at radius 2 is 1.95 bits per heavy atom. The van der Waals surface area contributed by atoms with E-state index in [-0.39, 0.29) is 18.4 Å². The number of rotatable bonds is 7. The van der Waals surface area contributed by atoms with Crippen LogP contribution < -0.4 is 0 Å². The largest absolute Gasteiger partial charge is 0.461 e. The summed E-state index contributed by atoms with van der Waals surface area (Å²) < 4.78 is 26.9. The maximum Gasteiger partial charge on any atom is 0.337 e. The molecular formula is C14H17O5P. The van der Waals surface area contributed by atoms with Crippen LogP contribution in [0.2, 0.25) is 0 Å². The SMILES string of the molecule is COP(=O)(CC(=O)CCc1cc2ccccc2o1)OC. The third-order valence-electron chi connectivity index (χ3n) is 3.05. The molecule has 0 N–H and O–H groups in total. The summed E-state index contributed by atoms with van der Waals surface area (Å²) in [6.07, 6.45) is 0.512. The molecule has 1 aromatic heterocycles. The Morgan fingerprint density at radius 1 is 1.25 bits per heavy atom. The number of hydrogen-bond donors (Lipinski definition) is 0. The number of Topliss-reactive ketones (excluding diaryl/α,β-unsaturated/α-hetero) is 1. The highest BCUT2D eigenvalue weighted by atomic mass is 31.2. The Bertz CT molecular complexity index is 605. The first-order chi connectivity index (χ1) is 9.56. The first-order valence-electron chi connectivity index (χ1n) is 6.26. The molecule has 0 amide bonds. The van der Waals surface area contributed by atoms with Gasteiger partial charge in [0, 0.05) is 32.4 Å². The van der Waals surface area contributed by atoms with Crippen molar-refractivity contribution in [2.75, 3.05) is 20.4 Å². The average Bonchev–Trinajstić information content (AvgIpc) is 2.88. The van der Waals surface area contributed by atoms with Crippen LogP contribution in [0.1, 0.15) is 12.2 Å². The second-order valence-electron chi connectivity index (χ2n) is 4.42. The van der Waals surface area contributed by atoms with Crippen LogP contribution >= 0.6 is 7.60 Å². The zero-order chi connectivity index (χ0) is 14.6. The fourth-order valence-electron chi connectivity index (χ4n) is 1.92. The molecule has 0 bridgehead atoms. The summed E-state index contributed by atoms with van der Waals surface area (Å²) in [7, 11) is -0.718. The van der Waals surface area contributed by atoms with Gasteiger partial charge in [0.1, 0.15) is 23.3 Å². The minimum Gasteiger partial charge on any atom is -0.461 e. The molecular weight excluding hydrogens is 279 g/mol. The fourth-order valence-corrected chi connectivity index (χ4v) is 2.92. The van der Waals surface area contributed by atoms with E-state index in [1.54, 1.807) is 0 Å². The quantitative estimate of drug-likeness (QED) is 0.732. The zero-order valence-corrected chi connectivity index (χ0v) is 12.4. The molecule has 5 nitrogen and oxygen atoms in total. The van der Waals surface area contributed by atoms with Crippen LogP contribution in [0, 0.1) is 0 Å². The van der Waals surface area contributed by atoms with Crippen LogP contribution in [0.5, 0.6) is 0 Å². The van der Waals surface area contributed by atoms with Gasteiger partial charge in [-0.25, -0.2) is 0 Å². The number of carbonyl (C=O) groups is 1. The van der Waals surface area contributed by atoms with Crippen LogP contribution in [0.4, 0.5) is 0 Å². The molecule has 1 aromatic carbocycles. The van der Waals surface area contributed by atoms with Gasteiger partial charge in [-0.15, -0.1) is 0 Å². The molecule has 2 rings (SSSR count). The van der Waals surface area contributed by atoms with Gasteiger partial charge >= 0.3 is 7.60 Å². The van der Waals surface area contributed by atoms with E-state index < -0.39 is 7.60 Å². The maximum atomic E-state index is 11.8. The smallest absolute Gasteiger partial charge is 0.337 e. The predicted octanol–water partition coefficient (Wildman–Crippen LogP) is 3.42. The second kappa shape index (κ2) is 6.35. The highest BCUT2D eigenvalue weighted by Gasteiger charge is 2.25. The summed E-state index contributed by atoms with van der Waals surface area (Å²) in [5.41, 5.74) is 0.800. The van der Waals surface area contributed by atoms with Gasteiger partial charge in [0.15, 0.2) is 0 Å². The predicted molar refractivity (Wildman–Crippen MR) is 76.0 cm³/mol. The van der Waals surface area contributed by atoms with E-state index in [1.807, 2.05) is 30.3 Å². The molecule has 1 heterocycles. The summed E-state index contributed by atoms with van der Waals surface area (Å²) in [4.78, 5) is 11.8. The van der Waals surface area contributed by atoms with Gasteiger partial charge < -0.3 is 13.5 Å². The number of furan rings is 1. The molecule has 0 aliphatic rings. The fraction of sp³-hybridized carbons (Fsp3) is 0.357. The monoisotopic (exact) mass is 296 g/mol. The van der Waals surface area contributed by atoms with Crippen LogP contribution in [-0.2, 0) is 24.8 Å². The standard InChI is InChI=1S/C14H17O5P/c1-17-20(16,18-2)10-12(15)7-8-13-9-11-5-3-4-6-14(11)19-13/h3-6,9H,7-8,10H2,1-2H3. The third-order valence-corrected chi connectivity index (χ3v) is 4.91. The lowest BCUT2D eigenvalue weighted by Gasteiger charge is -2.11. The third kappa shape index (κ3) is 3.57. The summed E-state index contributed by atoms with van der Waals surface area (Å²) >= 11 is 0. The van der Waals surface area contributed by atoms with Crippen LogP contribution in [-0.4, -0.2) is 26.2 Å². The summed E-state index contributed by atoms with van der Waals surface area (Å²) in [6.45, 7) is 0. The first kappa shape index (κ1) is 15.0. The van der Waals surface area contributed by atoms with E-state index in [1.165, 1.54) is 14.2 Å². The molecule has 6 heteroatoms. The lowest BCUT2D eigenvalue weighted by Crippen LogP contribution is -2.08. The first-order valence-corrected chi connectivity index (χ1v) is 7.99. The van der Waals surface area contributed by atoms with Crippen molar-refractivity contribution in [3.63, 3.8) is 0 Å². The number of aryl methyl sites for hydroxylation is 1. The molecule has 0 saturated carbocycles. The highest BCUT2D eigenvalue weighted by Crippen LogP contribution is 2.46. The van der Waals surface area contributed by atoms with Crippen molar-refractivity contribution in [3.8, 4) is 0 Å². The number of benzene rings is 1. The van der Waals surface area contributed by atoms with Crippen LogP contribution in [0.3, 0.4) is 0 Å². The van der Waals surface area contributed by atoms with E-state index in [0.29, 0.717) is 6.42 Å². The summed E-state index contributed by atoms with van der Waals surface area (Å²) in [5.74, 6) is 0.571. The Morgan fingerprint density at radius 3 is 2.60 bits per heavy atom. The van der Waals surface area contributed by atoms with Gasteiger partial charge in [0.2, 0.25) is 0 Å². The molecule has 0 aliphatic heterocycles. The van der Waals surface area contributed by atoms with E-state index >= 15 is 0 Å². The average molecular weight is 296 g/mol. The molecule has 0 fully saturated rings. The van der Waals surface area contributed by atoms with Crippen molar-refractivity contribution < 1.29 is 22.8 Å². The van der Waals surface area contributed by atoms with Crippen LogP contribution in [0.25, 0.3) is 11.0 Å². The van der Waals surface area contributed by atoms with Gasteiger partial charge in [-0.05, 0) is 12.1 Å². The minimum absolute atomic E-state index is 0.169. The van der Waals surface area contributed by atoms with Crippen LogP contribution in [0.15, 0.2) is 34.7 Å². The zero-order valence-electron chi connectivity index (χ0n) is 11.5. The van der Waals surface area contributed by atoms with Gasteiger partial charge in [-0.3, -0.25) is 9.36 Å². The molecule has 0 unspecified atom stereocenters. The molecule has 0 spiro atoms. The van der Waals surface area contributed by atoms with Gasteiger partial charge in [-0.1, -0.05) is 18.2 Å². The minimum atomic E-state index is -3.27. The van der Waals surface area contributed by atoms with Crippen molar-refractivity contribution >= 4 is 24.3 Å². The molecule has 20 heavy (non-hydrogen) atoms. The molecule has 108 valence electrons. The normalized spacial score (nSPS) is 11.9. The van der Waals surface area contributed by atoms with Crippen molar-refractivity contribution in [3.05, 3.63) is 36.1 Å². The van der Waals surface area contributed by atoms with Gasteiger partial charge in [-0.2, -0.15) is 0 Å². The molecule has 0 saturated heterocycles. The van der Waals surface area contributed by atoms with E-state index in [2.05, 4.69) is 0 Å². The number of carbonyl (C=O) groups excluding carboxylic acids is 1. The van der Waals surface area contributed by atoms with Crippen molar-refractivity contribution in [1.82, 2.24) is 0 Å². The van der Waals surface area contributed by atoms with Crippen molar-refractivity contribution in [2.45, 2.75) is 12.8 Å². The summed E-state index contributed by atoms with van der Waals surface area (Å²) in [5, 5.41) is 1.01. The Labute approximate surface area is 117 Å². The topological polar surface area (TPSA) is 65.7 Å². The number of para-hydroxylation sites is 1. The Balaban J connectivity index is 1.95. The molecule has 0 aliphatic carbocycles. The summed E-state index contributed by atoms with van der Waals surface area (Å²) in [6, 6.07) is 9.57. The molecule has 2 aromatic rings. The van der Waals surface area contributed by atoms with E-state index in [0.717, 1.165) is 16.7 Å². The Kier molecular flexibility index (Phi) is 4.76. The van der Waals surface area contributed by atoms with Crippen molar-refractivity contribution in [2.24, 2.45) is 0 Å². The number of ketones is 1. The Hall–Kier alpha value is -1.42. The lowest BCUT2D eigenvalue weighted by atomic mass is 10.2.